The quantitative estimate of drug-likeness (QED) is 0.697. The van der Waals surface area contributed by atoms with E-state index in [1.54, 1.807) is 6.33 Å². The number of nitrogens with zero attached hydrogens (tertiary/aromatic N) is 2. The minimum atomic E-state index is 0.00662. The fraction of sp³-hybridized carbons (Fsp3) is 0.556. The summed E-state index contributed by atoms with van der Waals surface area (Å²) in [6, 6.07) is 0. The van der Waals surface area contributed by atoms with Crippen molar-refractivity contribution in [2.24, 2.45) is 7.05 Å². The summed E-state index contributed by atoms with van der Waals surface area (Å²) in [5.41, 5.74) is 1.40. The fourth-order valence-corrected chi connectivity index (χ4v) is 1.12. The van der Waals surface area contributed by atoms with Gasteiger partial charge in [-0.15, -0.1) is 0 Å². The number of rotatable bonds is 4. The lowest BCUT2D eigenvalue weighted by atomic mass is 10.1. The molecular formula is C9H14N2O2. The average molecular weight is 182 g/mol. The second-order valence-electron chi connectivity index (χ2n) is 3.04. The Morgan fingerprint density at radius 3 is 2.85 bits per heavy atom. The SMILES string of the molecule is Cc1c(C(=O)CCCO)ncn1C. The van der Waals surface area contributed by atoms with Crippen molar-refractivity contribution >= 4 is 5.78 Å². The maximum absolute atomic E-state index is 11.5. The molecule has 1 N–H and O–H groups in total. The molecule has 0 aliphatic carbocycles. The van der Waals surface area contributed by atoms with E-state index in [1.807, 2.05) is 18.5 Å². The summed E-state index contributed by atoms with van der Waals surface area (Å²) in [5, 5.41) is 8.56. The van der Waals surface area contributed by atoms with Crippen LogP contribution in [0.2, 0.25) is 0 Å². The van der Waals surface area contributed by atoms with Gasteiger partial charge in [-0.2, -0.15) is 0 Å². The Labute approximate surface area is 77.2 Å². The summed E-state index contributed by atoms with van der Waals surface area (Å²) >= 11 is 0. The molecule has 0 fully saturated rings. The lowest BCUT2D eigenvalue weighted by Gasteiger charge is -1.98. The standard InChI is InChI=1S/C9H14N2O2/c1-7-9(10-6-11(7)2)8(13)4-3-5-12/h6,12H,3-5H2,1-2H3. The van der Waals surface area contributed by atoms with Gasteiger partial charge in [-0.05, 0) is 13.3 Å². The number of Topliss-reactive ketones (excluding diaryl/α,β-unsaturated/α-hetero) is 1. The predicted octanol–water partition coefficient (Wildman–Crippen LogP) is 0.684. The largest absolute Gasteiger partial charge is 0.396 e. The molecule has 0 aromatic carbocycles. The Morgan fingerprint density at radius 1 is 1.69 bits per heavy atom. The van der Waals surface area contributed by atoms with Gasteiger partial charge < -0.3 is 9.67 Å². The van der Waals surface area contributed by atoms with Crippen LogP contribution in [-0.2, 0) is 7.05 Å². The lowest BCUT2D eigenvalue weighted by Crippen LogP contribution is -2.03. The van der Waals surface area contributed by atoms with E-state index in [0.717, 1.165) is 5.69 Å². The van der Waals surface area contributed by atoms with E-state index < -0.39 is 0 Å². The molecule has 0 aliphatic rings. The second kappa shape index (κ2) is 4.18. The number of carbonyl (C=O) groups is 1. The van der Waals surface area contributed by atoms with Crippen LogP contribution in [0.15, 0.2) is 6.33 Å². The molecule has 13 heavy (non-hydrogen) atoms. The Bertz CT molecular complexity index is 305. The van der Waals surface area contributed by atoms with Crippen LogP contribution in [-0.4, -0.2) is 27.0 Å². The molecule has 4 nitrogen and oxygen atoms in total. The van der Waals surface area contributed by atoms with Crippen molar-refractivity contribution in [1.82, 2.24) is 9.55 Å². The average Bonchev–Trinajstić information content (AvgIpc) is 2.44. The first-order valence-corrected chi connectivity index (χ1v) is 4.28. The zero-order valence-electron chi connectivity index (χ0n) is 7.95. The molecular weight excluding hydrogens is 168 g/mol. The zero-order chi connectivity index (χ0) is 9.84. The lowest BCUT2D eigenvalue weighted by molar-refractivity contribution is 0.0966. The Kier molecular flexibility index (Phi) is 3.19. The Morgan fingerprint density at radius 2 is 2.38 bits per heavy atom. The number of carbonyl (C=O) groups excluding carboxylic acids is 1. The third-order valence-corrected chi connectivity index (χ3v) is 2.06. The van der Waals surface area contributed by atoms with Crippen LogP contribution in [0, 0.1) is 6.92 Å². The maximum atomic E-state index is 11.5. The minimum absolute atomic E-state index is 0.00662. The number of imidazole rings is 1. The van der Waals surface area contributed by atoms with Gasteiger partial charge in [-0.25, -0.2) is 4.98 Å². The van der Waals surface area contributed by atoms with Gasteiger partial charge in [0.15, 0.2) is 5.78 Å². The van der Waals surface area contributed by atoms with Crippen molar-refractivity contribution in [1.29, 1.82) is 0 Å². The summed E-state index contributed by atoms with van der Waals surface area (Å²) < 4.78 is 1.81. The predicted molar refractivity (Wildman–Crippen MR) is 48.6 cm³/mol. The minimum Gasteiger partial charge on any atom is -0.396 e. The van der Waals surface area contributed by atoms with E-state index in [2.05, 4.69) is 4.98 Å². The number of ketones is 1. The van der Waals surface area contributed by atoms with E-state index in [-0.39, 0.29) is 12.4 Å². The van der Waals surface area contributed by atoms with Gasteiger partial charge in [0.1, 0.15) is 5.69 Å². The van der Waals surface area contributed by atoms with Gasteiger partial charge >= 0.3 is 0 Å². The van der Waals surface area contributed by atoms with Crippen molar-refractivity contribution in [3.63, 3.8) is 0 Å². The molecule has 0 atom stereocenters. The highest BCUT2D eigenvalue weighted by Gasteiger charge is 2.12. The molecule has 0 spiro atoms. The molecule has 0 aliphatic heterocycles. The zero-order valence-corrected chi connectivity index (χ0v) is 7.95. The van der Waals surface area contributed by atoms with Crippen LogP contribution in [0.4, 0.5) is 0 Å². The van der Waals surface area contributed by atoms with Crippen LogP contribution in [0.3, 0.4) is 0 Å². The van der Waals surface area contributed by atoms with Crippen molar-refractivity contribution in [2.45, 2.75) is 19.8 Å². The molecule has 0 unspecified atom stereocenters. The molecule has 1 rings (SSSR count). The third kappa shape index (κ3) is 2.15. The molecule has 1 heterocycles. The molecule has 4 heteroatoms. The van der Waals surface area contributed by atoms with Gasteiger partial charge in [-0.3, -0.25) is 4.79 Å². The fourth-order valence-electron chi connectivity index (χ4n) is 1.12. The number of aromatic nitrogens is 2. The van der Waals surface area contributed by atoms with Crippen molar-refractivity contribution in [2.75, 3.05) is 6.61 Å². The molecule has 0 bridgehead atoms. The number of hydrogen-bond donors (Lipinski definition) is 1. The number of aliphatic hydroxyl groups excluding tert-OH is 1. The maximum Gasteiger partial charge on any atom is 0.183 e. The van der Waals surface area contributed by atoms with Crippen molar-refractivity contribution < 1.29 is 9.90 Å². The van der Waals surface area contributed by atoms with Crippen LogP contribution < -0.4 is 0 Å². The summed E-state index contributed by atoms with van der Waals surface area (Å²) in [7, 11) is 1.85. The highest BCUT2D eigenvalue weighted by molar-refractivity contribution is 5.95. The van der Waals surface area contributed by atoms with Gasteiger partial charge in [-0.1, -0.05) is 0 Å². The van der Waals surface area contributed by atoms with E-state index in [1.165, 1.54) is 0 Å². The number of aliphatic hydroxyl groups is 1. The van der Waals surface area contributed by atoms with Crippen LogP contribution in [0.5, 0.6) is 0 Å². The van der Waals surface area contributed by atoms with E-state index in [4.69, 9.17) is 5.11 Å². The summed E-state index contributed by atoms with van der Waals surface area (Å²) in [6.07, 6.45) is 2.50. The van der Waals surface area contributed by atoms with Gasteiger partial charge in [0.25, 0.3) is 0 Å². The van der Waals surface area contributed by atoms with Gasteiger partial charge in [0.2, 0.25) is 0 Å². The molecule has 0 saturated heterocycles. The van der Waals surface area contributed by atoms with E-state index in [9.17, 15) is 4.79 Å². The van der Waals surface area contributed by atoms with Crippen LogP contribution in [0.1, 0.15) is 29.0 Å². The third-order valence-electron chi connectivity index (χ3n) is 2.06. The molecule has 1 aromatic rings. The van der Waals surface area contributed by atoms with Gasteiger partial charge in [0.05, 0.1) is 6.33 Å². The Hall–Kier alpha value is -1.16. The van der Waals surface area contributed by atoms with Crippen LogP contribution >= 0.6 is 0 Å². The van der Waals surface area contributed by atoms with Crippen molar-refractivity contribution in [3.8, 4) is 0 Å². The first-order chi connectivity index (χ1) is 6.16. The monoisotopic (exact) mass is 182 g/mol. The normalized spacial score (nSPS) is 10.4. The first-order valence-electron chi connectivity index (χ1n) is 4.28. The summed E-state index contributed by atoms with van der Waals surface area (Å²) in [4.78, 5) is 15.5. The van der Waals surface area contributed by atoms with E-state index in [0.29, 0.717) is 18.5 Å². The van der Waals surface area contributed by atoms with Crippen LogP contribution in [0.25, 0.3) is 0 Å². The summed E-state index contributed by atoms with van der Waals surface area (Å²) in [6.45, 7) is 1.91. The number of aryl methyl sites for hydroxylation is 1. The number of hydrogen-bond acceptors (Lipinski definition) is 3. The Balaban J connectivity index is 2.71. The smallest absolute Gasteiger partial charge is 0.183 e. The first kappa shape index (κ1) is 9.92. The second-order valence-corrected chi connectivity index (χ2v) is 3.04. The molecule has 0 amide bonds. The van der Waals surface area contributed by atoms with Crippen molar-refractivity contribution in [3.05, 3.63) is 17.7 Å². The molecule has 0 radical (unpaired) electrons. The highest BCUT2D eigenvalue weighted by atomic mass is 16.3. The van der Waals surface area contributed by atoms with E-state index >= 15 is 0 Å². The summed E-state index contributed by atoms with van der Waals surface area (Å²) in [5.74, 6) is 0.00662. The topological polar surface area (TPSA) is 55.1 Å². The molecule has 0 saturated carbocycles. The van der Waals surface area contributed by atoms with Gasteiger partial charge in [0, 0.05) is 25.8 Å². The molecule has 1 aromatic heterocycles. The highest BCUT2D eigenvalue weighted by Crippen LogP contribution is 2.08. The molecule has 72 valence electrons.